The molecule has 2 aliphatic rings. The Morgan fingerprint density at radius 3 is 2.50 bits per heavy atom. The number of fused-ring (bicyclic) bond motifs is 2. The molecule has 2 aromatic carbocycles. The van der Waals surface area contributed by atoms with E-state index in [9.17, 15) is 9.59 Å². The number of nitrogens with zero attached hydrogens (tertiary/aromatic N) is 4. The van der Waals surface area contributed by atoms with Crippen molar-refractivity contribution in [2.24, 2.45) is 0 Å². The average Bonchev–Trinajstić information content (AvgIpc) is 2.94. The second-order valence-electron chi connectivity index (χ2n) is 7.66. The zero-order chi connectivity index (χ0) is 22.1. The maximum absolute atomic E-state index is 13.3. The number of aromatic nitrogens is 1. The molecule has 0 spiro atoms. The molecule has 0 bridgehead atoms. The van der Waals surface area contributed by atoms with Gasteiger partial charge >= 0.3 is 0 Å². The number of pyridine rings is 1. The van der Waals surface area contributed by atoms with Gasteiger partial charge in [0.1, 0.15) is 12.1 Å². The topological polar surface area (TPSA) is 66.0 Å². The summed E-state index contributed by atoms with van der Waals surface area (Å²) < 4.78 is 5.89. The Morgan fingerprint density at radius 1 is 0.969 bits per heavy atom. The summed E-state index contributed by atoms with van der Waals surface area (Å²) in [7, 11) is 0. The number of halogens is 1. The zero-order valence-corrected chi connectivity index (χ0v) is 18.0. The van der Waals surface area contributed by atoms with Crippen LogP contribution in [0.5, 0.6) is 11.6 Å². The third-order valence-corrected chi connectivity index (χ3v) is 5.98. The summed E-state index contributed by atoms with van der Waals surface area (Å²) in [5.74, 6) is 0.345. The molecule has 1 fully saturated rings. The molecule has 0 radical (unpaired) electrons. The van der Waals surface area contributed by atoms with Crippen molar-refractivity contribution in [3.63, 3.8) is 0 Å². The number of hydrogen-bond acceptors (Lipinski definition) is 5. The average molecular weight is 449 g/mol. The van der Waals surface area contributed by atoms with E-state index in [-0.39, 0.29) is 24.2 Å². The van der Waals surface area contributed by atoms with Crippen LogP contribution in [0.3, 0.4) is 0 Å². The molecule has 0 unspecified atom stereocenters. The van der Waals surface area contributed by atoms with Gasteiger partial charge in [0.05, 0.1) is 5.69 Å². The van der Waals surface area contributed by atoms with Crippen molar-refractivity contribution in [3.05, 3.63) is 77.4 Å². The number of benzene rings is 2. The van der Waals surface area contributed by atoms with Crippen LogP contribution in [0.25, 0.3) is 0 Å². The lowest BCUT2D eigenvalue weighted by atomic mass is 10.2. The normalized spacial score (nSPS) is 15.5. The summed E-state index contributed by atoms with van der Waals surface area (Å²) in [5.41, 5.74) is 1.98. The first kappa shape index (κ1) is 20.3. The molecule has 5 rings (SSSR count). The van der Waals surface area contributed by atoms with Crippen LogP contribution in [0.2, 0.25) is 5.02 Å². The van der Waals surface area contributed by atoms with Crippen LogP contribution < -0.4 is 14.5 Å². The predicted octanol–water partition coefficient (Wildman–Crippen LogP) is 3.84. The van der Waals surface area contributed by atoms with E-state index in [0.717, 1.165) is 5.69 Å². The molecule has 0 saturated carbocycles. The highest BCUT2D eigenvalue weighted by atomic mass is 35.5. The fourth-order valence-corrected chi connectivity index (χ4v) is 4.14. The summed E-state index contributed by atoms with van der Waals surface area (Å²) in [4.78, 5) is 36.2. The van der Waals surface area contributed by atoms with E-state index < -0.39 is 0 Å². The molecule has 0 atom stereocenters. The van der Waals surface area contributed by atoms with Crippen LogP contribution in [0, 0.1) is 0 Å². The SMILES string of the molecule is O=C(CN1C(=O)c2cccnc2Oc2ccccc21)N1CCN(c2ccc(Cl)cc2)CC1. The molecule has 2 amide bonds. The Morgan fingerprint density at radius 2 is 1.72 bits per heavy atom. The highest BCUT2D eigenvalue weighted by Crippen LogP contribution is 2.37. The van der Waals surface area contributed by atoms with Crippen molar-refractivity contribution in [2.75, 3.05) is 42.5 Å². The first-order valence-corrected chi connectivity index (χ1v) is 10.8. The maximum Gasteiger partial charge on any atom is 0.264 e. The van der Waals surface area contributed by atoms with Crippen LogP contribution in [0.15, 0.2) is 66.9 Å². The summed E-state index contributed by atoms with van der Waals surface area (Å²) in [6.45, 7) is 2.54. The Balaban J connectivity index is 1.33. The van der Waals surface area contributed by atoms with Gasteiger partial charge in [-0.25, -0.2) is 4.98 Å². The number of hydrogen-bond donors (Lipinski definition) is 0. The van der Waals surface area contributed by atoms with Gasteiger partial charge in [-0.15, -0.1) is 0 Å². The van der Waals surface area contributed by atoms with Gasteiger partial charge < -0.3 is 14.5 Å². The van der Waals surface area contributed by atoms with E-state index >= 15 is 0 Å². The number of para-hydroxylation sites is 2. The van der Waals surface area contributed by atoms with Crippen molar-refractivity contribution in [3.8, 4) is 11.6 Å². The largest absolute Gasteiger partial charge is 0.436 e. The summed E-state index contributed by atoms with van der Waals surface area (Å²) in [6, 6.07) is 18.3. The number of anilines is 2. The molecule has 8 heteroatoms. The van der Waals surface area contributed by atoms with Gasteiger partial charge in [-0.3, -0.25) is 14.5 Å². The highest BCUT2D eigenvalue weighted by Gasteiger charge is 2.32. The van der Waals surface area contributed by atoms with Gasteiger partial charge in [-0.1, -0.05) is 23.7 Å². The van der Waals surface area contributed by atoms with E-state index in [1.165, 1.54) is 4.90 Å². The van der Waals surface area contributed by atoms with E-state index in [1.807, 2.05) is 36.4 Å². The molecule has 0 aliphatic carbocycles. The van der Waals surface area contributed by atoms with Gasteiger partial charge in [0, 0.05) is 43.1 Å². The number of piperazine rings is 1. The summed E-state index contributed by atoms with van der Waals surface area (Å²) in [6.07, 6.45) is 1.58. The molecule has 1 aromatic heterocycles. The number of ether oxygens (including phenoxy) is 1. The molecule has 0 N–H and O–H groups in total. The lowest BCUT2D eigenvalue weighted by Gasteiger charge is -2.37. The third kappa shape index (κ3) is 3.87. The maximum atomic E-state index is 13.3. The van der Waals surface area contributed by atoms with Gasteiger partial charge in [0.2, 0.25) is 11.8 Å². The Hall–Kier alpha value is -3.58. The molecule has 3 heterocycles. The first-order valence-electron chi connectivity index (χ1n) is 10.4. The van der Waals surface area contributed by atoms with E-state index in [4.69, 9.17) is 16.3 Å². The minimum atomic E-state index is -0.300. The molecular formula is C24H21ClN4O3. The van der Waals surface area contributed by atoms with Crippen LogP contribution >= 0.6 is 11.6 Å². The zero-order valence-electron chi connectivity index (χ0n) is 17.3. The number of carbonyl (C=O) groups is 2. The standard InChI is InChI=1S/C24H21ClN4O3/c25-17-7-9-18(10-8-17)27-12-14-28(15-13-27)22(30)16-29-20-5-1-2-6-21(20)32-23-19(24(29)31)4-3-11-26-23/h1-11H,12-16H2. The van der Waals surface area contributed by atoms with Crippen molar-refractivity contribution in [1.29, 1.82) is 0 Å². The van der Waals surface area contributed by atoms with Crippen LogP contribution in [-0.2, 0) is 4.79 Å². The van der Waals surface area contributed by atoms with Gasteiger partial charge in [0.15, 0.2) is 5.75 Å². The number of amides is 2. The van der Waals surface area contributed by atoms with Crippen molar-refractivity contribution in [2.45, 2.75) is 0 Å². The minimum Gasteiger partial charge on any atom is -0.436 e. The van der Waals surface area contributed by atoms with Gasteiger partial charge in [0.25, 0.3) is 5.91 Å². The monoisotopic (exact) mass is 448 g/mol. The van der Waals surface area contributed by atoms with Crippen molar-refractivity contribution >= 4 is 34.8 Å². The number of rotatable bonds is 3. The fourth-order valence-electron chi connectivity index (χ4n) is 4.02. The first-order chi connectivity index (χ1) is 15.6. The summed E-state index contributed by atoms with van der Waals surface area (Å²) >= 11 is 5.98. The Labute approximate surface area is 190 Å². The molecule has 32 heavy (non-hydrogen) atoms. The Bertz CT molecular complexity index is 1160. The fraction of sp³-hybridized carbons (Fsp3) is 0.208. The van der Waals surface area contributed by atoms with Crippen molar-refractivity contribution < 1.29 is 14.3 Å². The van der Waals surface area contributed by atoms with E-state index in [1.54, 1.807) is 35.4 Å². The predicted molar refractivity (Wildman–Crippen MR) is 123 cm³/mol. The van der Waals surface area contributed by atoms with Gasteiger partial charge in [-0.05, 0) is 48.5 Å². The highest BCUT2D eigenvalue weighted by molar-refractivity contribution is 6.30. The van der Waals surface area contributed by atoms with E-state index in [2.05, 4.69) is 9.88 Å². The van der Waals surface area contributed by atoms with Crippen LogP contribution in [0.1, 0.15) is 10.4 Å². The second kappa shape index (κ2) is 8.51. The second-order valence-corrected chi connectivity index (χ2v) is 8.10. The van der Waals surface area contributed by atoms with Crippen LogP contribution in [-0.4, -0.2) is 54.4 Å². The lowest BCUT2D eigenvalue weighted by Crippen LogP contribution is -2.52. The molecule has 2 aliphatic heterocycles. The molecular weight excluding hydrogens is 428 g/mol. The van der Waals surface area contributed by atoms with Crippen LogP contribution in [0.4, 0.5) is 11.4 Å². The lowest BCUT2D eigenvalue weighted by molar-refractivity contribution is -0.129. The summed E-state index contributed by atoms with van der Waals surface area (Å²) in [5, 5.41) is 0.700. The third-order valence-electron chi connectivity index (χ3n) is 5.73. The van der Waals surface area contributed by atoms with Gasteiger partial charge in [-0.2, -0.15) is 0 Å². The molecule has 7 nitrogen and oxygen atoms in total. The molecule has 3 aromatic rings. The molecule has 1 saturated heterocycles. The smallest absolute Gasteiger partial charge is 0.264 e. The molecule has 162 valence electrons. The Kier molecular flexibility index (Phi) is 5.41. The number of carbonyl (C=O) groups excluding carboxylic acids is 2. The van der Waals surface area contributed by atoms with E-state index in [0.29, 0.717) is 48.2 Å². The van der Waals surface area contributed by atoms with Crippen molar-refractivity contribution in [1.82, 2.24) is 9.88 Å². The quantitative estimate of drug-likeness (QED) is 0.609. The minimum absolute atomic E-state index is 0.0610.